The molecule has 0 saturated heterocycles. The molecular weight excluding hydrogens is 492 g/mol. The maximum absolute atomic E-state index is 14.0. The maximum Gasteiger partial charge on any atom is 0.347 e. The van der Waals surface area contributed by atoms with Crippen LogP contribution in [0.2, 0.25) is 5.02 Å². The fourth-order valence-corrected chi connectivity index (χ4v) is 4.65. The van der Waals surface area contributed by atoms with Crippen LogP contribution in [0.5, 0.6) is 0 Å². The number of rotatable bonds is 8. The highest BCUT2D eigenvalue weighted by atomic mass is 35.5. The maximum atomic E-state index is 14.0. The van der Waals surface area contributed by atoms with E-state index in [9.17, 15) is 4.79 Å². The Morgan fingerprint density at radius 2 is 1.21 bits per heavy atom. The number of urea groups is 1. The lowest BCUT2D eigenvalue weighted by molar-refractivity contribution is 0.161. The van der Waals surface area contributed by atoms with Crippen LogP contribution in [0.25, 0.3) is 0 Å². The first-order valence-corrected chi connectivity index (χ1v) is 13.3. The van der Waals surface area contributed by atoms with Crippen LogP contribution in [-0.2, 0) is 11.2 Å². The normalized spacial score (nSPS) is 13.8. The van der Waals surface area contributed by atoms with Crippen LogP contribution in [-0.4, -0.2) is 22.9 Å². The average Bonchev–Trinajstić information content (AvgIpc) is 2.94. The Labute approximate surface area is 230 Å². The van der Waals surface area contributed by atoms with Gasteiger partial charge in [-0.3, -0.25) is 0 Å². The molecule has 0 aliphatic carbocycles. The van der Waals surface area contributed by atoms with Crippen LogP contribution >= 0.6 is 11.6 Å². The Morgan fingerprint density at radius 1 is 0.737 bits per heavy atom. The van der Waals surface area contributed by atoms with E-state index < -0.39 is 0 Å². The number of benzene rings is 4. The summed E-state index contributed by atoms with van der Waals surface area (Å²) in [6.07, 6.45) is 0.484. The van der Waals surface area contributed by atoms with Crippen molar-refractivity contribution < 1.29 is 9.53 Å². The van der Waals surface area contributed by atoms with Crippen molar-refractivity contribution in [2.45, 2.75) is 45.4 Å². The fraction of sp³-hybridized carbons (Fsp3) is 0.212. The lowest BCUT2D eigenvalue weighted by Crippen LogP contribution is -2.35. The molecule has 4 aromatic carbocycles. The van der Waals surface area contributed by atoms with Crippen molar-refractivity contribution in [1.29, 1.82) is 0 Å². The van der Waals surface area contributed by atoms with E-state index in [1.165, 1.54) is 0 Å². The molecule has 0 aliphatic heterocycles. The number of halogens is 1. The van der Waals surface area contributed by atoms with E-state index >= 15 is 0 Å². The van der Waals surface area contributed by atoms with E-state index in [1.54, 1.807) is 12.1 Å². The van der Waals surface area contributed by atoms with Crippen molar-refractivity contribution >= 4 is 23.5 Å². The third-order valence-electron chi connectivity index (χ3n) is 6.59. The smallest absolute Gasteiger partial charge is 0.347 e. The number of aliphatic imine (C=N–C) groups is 1. The second-order valence-corrected chi connectivity index (χ2v) is 9.84. The lowest BCUT2D eigenvalue weighted by Gasteiger charge is -2.34. The zero-order valence-corrected chi connectivity index (χ0v) is 22.8. The number of ether oxygens (including phenoxy) is 1. The largest absolute Gasteiger partial charge is 0.474 e. The predicted octanol–water partition coefficient (Wildman–Crippen LogP) is 8.68. The minimum atomic E-state index is -0.366. The molecule has 5 heteroatoms. The van der Waals surface area contributed by atoms with E-state index in [1.807, 2.05) is 117 Å². The van der Waals surface area contributed by atoms with Crippen LogP contribution in [0, 0.1) is 0 Å². The van der Waals surface area contributed by atoms with Crippen molar-refractivity contribution in [2.75, 3.05) is 0 Å². The zero-order valence-electron chi connectivity index (χ0n) is 22.0. The van der Waals surface area contributed by atoms with Crippen LogP contribution in [0.1, 0.15) is 55.1 Å². The van der Waals surface area contributed by atoms with Gasteiger partial charge in [-0.1, -0.05) is 103 Å². The predicted molar refractivity (Wildman–Crippen MR) is 156 cm³/mol. The van der Waals surface area contributed by atoms with Crippen molar-refractivity contribution in [3.63, 3.8) is 0 Å². The Balaban J connectivity index is 1.70. The molecule has 0 radical (unpaired) electrons. The van der Waals surface area contributed by atoms with Crippen LogP contribution in [0.3, 0.4) is 0 Å². The summed E-state index contributed by atoms with van der Waals surface area (Å²) in [5.74, 6) is 0.278. The lowest BCUT2D eigenvalue weighted by atomic mass is 10.0. The van der Waals surface area contributed by atoms with Gasteiger partial charge in [0.05, 0.1) is 12.1 Å². The molecule has 0 N–H and O–H groups in total. The van der Waals surface area contributed by atoms with Crippen molar-refractivity contribution in [1.82, 2.24) is 4.90 Å². The molecule has 4 aromatic rings. The SMILES string of the molecule is CC(Cc1ccccc1)O/C(=N/C(=O)N([C@H](C)c1ccccc1)[C@H](C)c1ccccc1)c1ccc(Cl)cc1. The van der Waals surface area contributed by atoms with Crippen molar-refractivity contribution in [2.24, 2.45) is 4.99 Å². The van der Waals surface area contributed by atoms with Gasteiger partial charge in [-0.2, -0.15) is 4.99 Å². The van der Waals surface area contributed by atoms with Crippen LogP contribution in [0.4, 0.5) is 4.79 Å². The van der Waals surface area contributed by atoms with Gasteiger partial charge in [0.25, 0.3) is 0 Å². The first-order chi connectivity index (χ1) is 18.4. The highest BCUT2D eigenvalue weighted by molar-refractivity contribution is 6.30. The monoisotopic (exact) mass is 524 g/mol. The first-order valence-electron chi connectivity index (χ1n) is 12.9. The van der Waals surface area contributed by atoms with E-state index in [0.717, 1.165) is 16.7 Å². The Bertz CT molecular complexity index is 1280. The van der Waals surface area contributed by atoms with Gasteiger partial charge in [-0.25, -0.2) is 4.79 Å². The Hall–Kier alpha value is -3.89. The van der Waals surface area contributed by atoms with Gasteiger partial charge in [0, 0.05) is 17.0 Å². The molecular formula is C33H33ClN2O2. The molecule has 2 amide bonds. The van der Waals surface area contributed by atoms with Gasteiger partial charge in [0.1, 0.15) is 6.10 Å². The highest BCUT2D eigenvalue weighted by Gasteiger charge is 2.28. The highest BCUT2D eigenvalue weighted by Crippen LogP contribution is 2.31. The third kappa shape index (κ3) is 7.11. The van der Waals surface area contributed by atoms with Crippen molar-refractivity contribution in [3.05, 3.63) is 143 Å². The summed E-state index contributed by atoms with van der Waals surface area (Å²) in [6, 6.07) is 36.6. The van der Waals surface area contributed by atoms with E-state index in [-0.39, 0.29) is 30.1 Å². The molecule has 0 heterocycles. The number of hydrogen-bond donors (Lipinski definition) is 0. The third-order valence-corrected chi connectivity index (χ3v) is 6.84. The van der Waals surface area contributed by atoms with Crippen LogP contribution in [0.15, 0.2) is 120 Å². The molecule has 0 saturated carbocycles. The topological polar surface area (TPSA) is 41.9 Å². The van der Waals surface area contributed by atoms with Gasteiger partial charge >= 0.3 is 6.03 Å². The van der Waals surface area contributed by atoms with Gasteiger partial charge < -0.3 is 9.64 Å². The molecule has 194 valence electrons. The number of carbonyl (C=O) groups is 1. The Kier molecular flexibility index (Phi) is 9.34. The molecule has 1 unspecified atom stereocenters. The molecule has 0 spiro atoms. The summed E-state index contributed by atoms with van der Waals surface area (Å²) in [5.41, 5.74) is 3.91. The molecule has 4 nitrogen and oxygen atoms in total. The minimum absolute atomic E-state index is 0.203. The van der Waals surface area contributed by atoms with E-state index in [0.29, 0.717) is 17.0 Å². The minimum Gasteiger partial charge on any atom is -0.474 e. The molecule has 0 aromatic heterocycles. The summed E-state index contributed by atoms with van der Waals surface area (Å²) < 4.78 is 6.33. The molecule has 0 bridgehead atoms. The number of amides is 2. The van der Waals surface area contributed by atoms with Gasteiger partial charge in [-0.05, 0) is 61.7 Å². The first kappa shape index (κ1) is 27.2. The van der Waals surface area contributed by atoms with Crippen molar-refractivity contribution in [3.8, 4) is 0 Å². The van der Waals surface area contributed by atoms with Gasteiger partial charge in [0.2, 0.25) is 5.90 Å². The van der Waals surface area contributed by atoms with Gasteiger partial charge in [0.15, 0.2) is 0 Å². The number of hydrogen-bond acceptors (Lipinski definition) is 2. The Morgan fingerprint density at radius 3 is 1.71 bits per heavy atom. The van der Waals surface area contributed by atoms with E-state index in [4.69, 9.17) is 16.3 Å². The molecule has 0 fully saturated rings. The summed E-state index contributed by atoms with van der Waals surface area (Å²) in [4.78, 5) is 20.4. The summed E-state index contributed by atoms with van der Waals surface area (Å²) in [6.45, 7) is 6.05. The molecule has 3 atom stereocenters. The van der Waals surface area contributed by atoms with Gasteiger partial charge in [-0.15, -0.1) is 0 Å². The quantitative estimate of drug-likeness (QED) is 0.171. The number of carbonyl (C=O) groups excluding carboxylic acids is 1. The zero-order chi connectivity index (χ0) is 26.9. The second kappa shape index (κ2) is 13.1. The standard InChI is InChI=1S/C33H33ClN2O2/c1-24(23-27-13-7-4-8-14-27)38-32(30-19-21-31(34)22-20-30)35-33(37)36(25(2)28-15-9-5-10-16-28)26(3)29-17-11-6-12-18-29/h4-22,24-26H,23H2,1-3H3/b35-32+/t24?,25-,26-/m1/s1. The fourth-order valence-electron chi connectivity index (χ4n) is 4.53. The summed E-state index contributed by atoms with van der Waals surface area (Å²) >= 11 is 6.15. The second-order valence-electron chi connectivity index (χ2n) is 9.41. The summed E-state index contributed by atoms with van der Waals surface area (Å²) in [5, 5.41) is 0.605. The number of nitrogens with zero attached hydrogens (tertiary/aromatic N) is 2. The molecule has 0 aliphatic rings. The van der Waals surface area contributed by atoms with Crippen LogP contribution < -0.4 is 0 Å². The molecule has 38 heavy (non-hydrogen) atoms. The average molecular weight is 525 g/mol. The summed E-state index contributed by atoms with van der Waals surface area (Å²) in [7, 11) is 0. The molecule has 4 rings (SSSR count). The van der Waals surface area contributed by atoms with E-state index in [2.05, 4.69) is 17.1 Å².